The lowest BCUT2D eigenvalue weighted by molar-refractivity contribution is -0.119. The fourth-order valence-electron chi connectivity index (χ4n) is 2.69. The highest BCUT2D eigenvalue weighted by molar-refractivity contribution is 7.89. The zero-order valence-corrected chi connectivity index (χ0v) is 19.1. The molecule has 2 rings (SSSR count). The third-order valence-electron chi connectivity index (χ3n) is 4.33. The standard InChI is InChI=1S/C20H22Cl2N2O5S/c1-4-24(5-2)30(27,28)14-10-9-13(3)15(11-14)20(26)29-12-18(25)23-17-8-6-7-16(21)19(17)22/h6-11H,4-5,12H2,1-3H3,(H,23,25). The van der Waals surface area contributed by atoms with Crippen molar-refractivity contribution < 1.29 is 22.7 Å². The van der Waals surface area contributed by atoms with Crippen LogP contribution in [-0.2, 0) is 19.6 Å². The van der Waals surface area contributed by atoms with Crippen LogP contribution in [0.4, 0.5) is 5.69 Å². The molecule has 0 aliphatic heterocycles. The van der Waals surface area contributed by atoms with Crippen molar-refractivity contribution >= 4 is 50.8 Å². The van der Waals surface area contributed by atoms with Crippen molar-refractivity contribution in [3.63, 3.8) is 0 Å². The van der Waals surface area contributed by atoms with Gasteiger partial charge in [0.2, 0.25) is 10.0 Å². The number of carbonyl (C=O) groups excluding carboxylic acids is 2. The molecule has 0 saturated carbocycles. The Hall–Kier alpha value is -2.13. The number of benzene rings is 2. The van der Waals surface area contributed by atoms with Crippen LogP contribution in [0.5, 0.6) is 0 Å². The van der Waals surface area contributed by atoms with Gasteiger partial charge in [0.1, 0.15) is 0 Å². The number of rotatable bonds is 8. The molecule has 0 heterocycles. The highest BCUT2D eigenvalue weighted by Gasteiger charge is 2.24. The summed E-state index contributed by atoms with van der Waals surface area (Å²) in [4.78, 5) is 24.6. The number of nitrogens with zero attached hydrogens (tertiary/aromatic N) is 1. The Morgan fingerprint density at radius 1 is 1.10 bits per heavy atom. The van der Waals surface area contributed by atoms with E-state index in [1.165, 1.54) is 22.5 Å². The van der Waals surface area contributed by atoms with Crippen molar-refractivity contribution in [1.29, 1.82) is 0 Å². The molecular weight excluding hydrogens is 451 g/mol. The zero-order chi connectivity index (χ0) is 22.5. The molecule has 0 spiro atoms. The highest BCUT2D eigenvalue weighted by atomic mass is 35.5. The number of amides is 1. The molecule has 0 aromatic heterocycles. The smallest absolute Gasteiger partial charge is 0.338 e. The Balaban J connectivity index is 2.13. The van der Waals surface area contributed by atoms with Gasteiger partial charge in [0.25, 0.3) is 5.91 Å². The Bertz CT molecular complexity index is 1050. The SMILES string of the molecule is CCN(CC)S(=O)(=O)c1ccc(C)c(C(=O)OCC(=O)Nc2cccc(Cl)c2Cl)c1. The van der Waals surface area contributed by atoms with Gasteiger partial charge in [0.05, 0.1) is 26.2 Å². The minimum Gasteiger partial charge on any atom is -0.452 e. The number of sulfonamides is 1. The topological polar surface area (TPSA) is 92.8 Å². The lowest BCUT2D eigenvalue weighted by Gasteiger charge is -2.19. The van der Waals surface area contributed by atoms with E-state index in [0.29, 0.717) is 18.7 Å². The lowest BCUT2D eigenvalue weighted by atomic mass is 10.1. The molecule has 0 saturated heterocycles. The van der Waals surface area contributed by atoms with E-state index in [4.69, 9.17) is 27.9 Å². The normalized spacial score (nSPS) is 11.4. The van der Waals surface area contributed by atoms with Crippen LogP contribution in [0.15, 0.2) is 41.3 Å². The highest BCUT2D eigenvalue weighted by Crippen LogP contribution is 2.29. The third kappa shape index (κ3) is 5.51. The second-order valence-corrected chi connectivity index (χ2v) is 9.01. The molecular formula is C20H22Cl2N2O5S. The number of hydrogen-bond acceptors (Lipinski definition) is 5. The van der Waals surface area contributed by atoms with Gasteiger partial charge in [-0.25, -0.2) is 13.2 Å². The monoisotopic (exact) mass is 472 g/mol. The number of aryl methyl sites for hydroxylation is 1. The van der Waals surface area contributed by atoms with E-state index in [9.17, 15) is 18.0 Å². The van der Waals surface area contributed by atoms with E-state index < -0.39 is 28.5 Å². The number of halogens is 2. The van der Waals surface area contributed by atoms with Crippen molar-refractivity contribution in [1.82, 2.24) is 4.31 Å². The van der Waals surface area contributed by atoms with Gasteiger partial charge in [0, 0.05) is 13.1 Å². The van der Waals surface area contributed by atoms with Crippen LogP contribution in [0.1, 0.15) is 29.8 Å². The molecule has 0 unspecified atom stereocenters. The number of hydrogen-bond donors (Lipinski definition) is 1. The maximum absolute atomic E-state index is 12.7. The number of nitrogens with one attached hydrogen (secondary N) is 1. The number of carbonyl (C=O) groups is 2. The average Bonchev–Trinajstić information content (AvgIpc) is 2.70. The molecule has 2 aromatic carbocycles. The van der Waals surface area contributed by atoms with Crippen molar-refractivity contribution in [2.75, 3.05) is 25.0 Å². The van der Waals surface area contributed by atoms with Crippen molar-refractivity contribution in [3.8, 4) is 0 Å². The van der Waals surface area contributed by atoms with Gasteiger partial charge in [-0.15, -0.1) is 0 Å². The summed E-state index contributed by atoms with van der Waals surface area (Å²) in [5.74, 6) is -1.42. The van der Waals surface area contributed by atoms with Crippen LogP contribution >= 0.6 is 23.2 Å². The van der Waals surface area contributed by atoms with Crippen molar-refractivity contribution in [2.45, 2.75) is 25.7 Å². The fraction of sp³-hybridized carbons (Fsp3) is 0.300. The van der Waals surface area contributed by atoms with Gasteiger partial charge in [-0.1, -0.05) is 49.2 Å². The molecule has 162 valence electrons. The van der Waals surface area contributed by atoms with Crippen LogP contribution in [0.3, 0.4) is 0 Å². The summed E-state index contributed by atoms with van der Waals surface area (Å²) >= 11 is 11.9. The molecule has 0 aliphatic rings. The van der Waals surface area contributed by atoms with Gasteiger partial charge < -0.3 is 10.1 Å². The van der Waals surface area contributed by atoms with Crippen LogP contribution < -0.4 is 5.32 Å². The molecule has 0 bridgehead atoms. The largest absolute Gasteiger partial charge is 0.452 e. The van der Waals surface area contributed by atoms with E-state index >= 15 is 0 Å². The summed E-state index contributed by atoms with van der Waals surface area (Å²) in [6.45, 7) is 5.15. The minimum atomic E-state index is -3.74. The summed E-state index contributed by atoms with van der Waals surface area (Å²) in [5.41, 5.74) is 0.877. The Labute approximate surface area is 186 Å². The van der Waals surface area contributed by atoms with Gasteiger partial charge in [-0.2, -0.15) is 4.31 Å². The van der Waals surface area contributed by atoms with Gasteiger partial charge in [0.15, 0.2) is 6.61 Å². The molecule has 0 fully saturated rings. The maximum atomic E-state index is 12.7. The summed E-state index contributed by atoms with van der Waals surface area (Å²) in [5, 5.41) is 2.95. The van der Waals surface area contributed by atoms with Crippen molar-refractivity contribution in [2.24, 2.45) is 0 Å². The van der Waals surface area contributed by atoms with Crippen LogP contribution in [0.2, 0.25) is 10.0 Å². The Morgan fingerprint density at radius 3 is 2.40 bits per heavy atom. The maximum Gasteiger partial charge on any atom is 0.338 e. The molecule has 10 heteroatoms. The number of ether oxygens (including phenoxy) is 1. The zero-order valence-electron chi connectivity index (χ0n) is 16.7. The van der Waals surface area contributed by atoms with Crippen LogP contribution in [0.25, 0.3) is 0 Å². The van der Waals surface area contributed by atoms with E-state index in [-0.39, 0.29) is 26.2 Å². The second kappa shape index (κ2) is 10.3. The summed E-state index contributed by atoms with van der Waals surface area (Å²) in [7, 11) is -3.74. The molecule has 1 amide bonds. The first-order valence-electron chi connectivity index (χ1n) is 9.13. The second-order valence-electron chi connectivity index (χ2n) is 6.29. The third-order valence-corrected chi connectivity index (χ3v) is 7.20. The number of anilines is 1. The molecule has 1 N–H and O–H groups in total. The quantitative estimate of drug-likeness (QED) is 0.582. The van der Waals surface area contributed by atoms with Gasteiger partial charge in [-0.3, -0.25) is 4.79 Å². The van der Waals surface area contributed by atoms with E-state index in [2.05, 4.69) is 5.32 Å². The first-order chi connectivity index (χ1) is 14.1. The first-order valence-corrected chi connectivity index (χ1v) is 11.3. The fourth-order valence-corrected chi connectivity index (χ4v) is 4.52. The predicted octanol–water partition coefficient (Wildman–Crippen LogP) is 4.13. The number of esters is 1. The van der Waals surface area contributed by atoms with Crippen LogP contribution in [-0.4, -0.2) is 44.3 Å². The molecule has 2 aromatic rings. The average molecular weight is 473 g/mol. The van der Waals surface area contributed by atoms with Crippen LogP contribution in [0, 0.1) is 6.92 Å². The molecule has 0 aliphatic carbocycles. The predicted molar refractivity (Wildman–Crippen MR) is 117 cm³/mol. The Morgan fingerprint density at radius 2 is 1.77 bits per heavy atom. The molecule has 0 radical (unpaired) electrons. The van der Waals surface area contributed by atoms with E-state index in [1.807, 2.05) is 0 Å². The molecule has 30 heavy (non-hydrogen) atoms. The van der Waals surface area contributed by atoms with E-state index in [0.717, 1.165) is 0 Å². The van der Waals surface area contributed by atoms with Gasteiger partial charge in [-0.05, 0) is 36.8 Å². The lowest BCUT2D eigenvalue weighted by Crippen LogP contribution is -2.30. The van der Waals surface area contributed by atoms with E-state index in [1.54, 1.807) is 39.0 Å². The molecule has 7 nitrogen and oxygen atoms in total. The minimum absolute atomic E-state index is 0.0149. The summed E-state index contributed by atoms with van der Waals surface area (Å²) in [6.07, 6.45) is 0. The van der Waals surface area contributed by atoms with Crippen molar-refractivity contribution in [3.05, 3.63) is 57.6 Å². The summed E-state index contributed by atoms with van der Waals surface area (Å²) < 4.78 is 31.7. The first kappa shape index (κ1) is 24.1. The molecule has 0 atom stereocenters. The van der Waals surface area contributed by atoms with Gasteiger partial charge >= 0.3 is 5.97 Å². The Kier molecular flexibility index (Phi) is 8.25. The summed E-state index contributed by atoms with van der Waals surface area (Å²) in [6, 6.07) is 8.96.